The summed E-state index contributed by atoms with van der Waals surface area (Å²) >= 11 is 0. The predicted octanol–water partition coefficient (Wildman–Crippen LogP) is 2.03. The number of aryl methyl sites for hydroxylation is 1. The molecule has 0 saturated carbocycles. The second kappa shape index (κ2) is 4.34. The van der Waals surface area contributed by atoms with Crippen molar-refractivity contribution in [3.05, 3.63) is 28.3 Å². The molecule has 0 radical (unpaired) electrons. The number of carbonyl (C=O) groups excluding carboxylic acids is 1. The van der Waals surface area contributed by atoms with Gasteiger partial charge < -0.3 is 9.84 Å². The smallest absolute Gasteiger partial charge is 0.309 e. The molecule has 82 valence electrons. The second-order valence-electron chi connectivity index (χ2n) is 3.69. The van der Waals surface area contributed by atoms with Gasteiger partial charge in [0.15, 0.2) is 0 Å². The molecule has 1 N–H and O–H groups in total. The van der Waals surface area contributed by atoms with Crippen LogP contribution < -0.4 is 0 Å². The summed E-state index contributed by atoms with van der Waals surface area (Å²) in [5.41, 5.74) is 3.63. The summed E-state index contributed by atoms with van der Waals surface area (Å²) in [6, 6.07) is 1.68. The maximum atomic E-state index is 11.2. The van der Waals surface area contributed by atoms with Gasteiger partial charge in [0.2, 0.25) is 0 Å². The van der Waals surface area contributed by atoms with Gasteiger partial charge in [0.1, 0.15) is 5.75 Å². The Hall–Kier alpha value is -1.51. The largest absolute Gasteiger partial charge is 0.508 e. The van der Waals surface area contributed by atoms with E-state index in [1.54, 1.807) is 6.07 Å². The van der Waals surface area contributed by atoms with Crippen LogP contribution in [0.5, 0.6) is 5.75 Å². The van der Waals surface area contributed by atoms with E-state index < -0.39 is 0 Å². The summed E-state index contributed by atoms with van der Waals surface area (Å²) in [6.07, 6.45) is 0.259. The highest BCUT2D eigenvalue weighted by atomic mass is 16.5. The Balaban J connectivity index is 3.18. The number of phenols is 1. The Morgan fingerprint density at radius 3 is 2.47 bits per heavy atom. The fourth-order valence-corrected chi connectivity index (χ4v) is 1.60. The zero-order valence-electron chi connectivity index (χ0n) is 9.55. The maximum absolute atomic E-state index is 11.2. The highest BCUT2D eigenvalue weighted by Gasteiger charge is 2.12. The number of esters is 1. The van der Waals surface area contributed by atoms with Crippen LogP contribution in [-0.4, -0.2) is 18.2 Å². The van der Waals surface area contributed by atoms with Gasteiger partial charge in [-0.15, -0.1) is 0 Å². The summed E-state index contributed by atoms with van der Waals surface area (Å²) in [6.45, 7) is 5.62. The lowest BCUT2D eigenvalue weighted by atomic mass is 9.95. The lowest BCUT2D eigenvalue weighted by Crippen LogP contribution is -2.08. The van der Waals surface area contributed by atoms with Gasteiger partial charge in [-0.25, -0.2) is 0 Å². The van der Waals surface area contributed by atoms with Crippen LogP contribution in [0.3, 0.4) is 0 Å². The first-order valence-electron chi connectivity index (χ1n) is 4.82. The average molecular weight is 208 g/mol. The highest BCUT2D eigenvalue weighted by Crippen LogP contribution is 2.26. The van der Waals surface area contributed by atoms with Crippen LogP contribution in [-0.2, 0) is 16.0 Å². The Morgan fingerprint density at radius 1 is 1.33 bits per heavy atom. The summed E-state index contributed by atoms with van der Waals surface area (Å²) in [4.78, 5) is 11.2. The van der Waals surface area contributed by atoms with Gasteiger partial charge in [0.25, 0.3) is 0 Å². The minimum atomic E-state index is -0.258. The van der Waals surface area contributed by atoms with Crippen molar-refractivity contribution in [3.8, 4) is 5.75 Å². The summed E-state index contributed by atoms with van der Waals surface area (Å²) in [5.74, 6) is 0.0184. The van der Waals surface area contributed by atoms with Crippen LogP contribution >= 0.6 is 0 Å². The lowest BCUT2D eigenvalue weighted by molar-refractivity contribution is -0.139. The Labute approximate surface area is 89.7 Å². The molecule has 0 atom stereocenters. The molecule has 0 saturated heterocycles. The van der Waals surface area contributed by atoms with Crippen molar-refractivity contribution < 1.29 is 14.6 Å². The van der Waals surface area contributed by atoms with Gasteiger partial charge in [0.05, 0.1) is 13.5 Å². The number of benzene rings is 1. The van der Waals surface area contributed by atoms with E-state index in [2.05, 4.69) is 4.74 Å². The van der Waals surface area contributed by atoms with Crippen molar-refractivity contribution >= 4 is 5.97 Å². The number of hydrogen-bond acceptors (Lipinski definition) is 3. The normalized spacial score (nSPS) is 10.1. The Morgan fingerprint density at radius 2 is 1.93 bits per heavy atom. The van der Waals surface area contributed by atoms with E-state index in [1.165, 1.54) is 7.11 Å². The predicted molar refractivity (Wildman–Crippen MR) is 58.0 cm³/mol. The molecule has 0 aliphatic heterocycles. The SMILES string of the molecule is COC(=O)Cc1c(C)cc(O)c(C)c1C. The zero-order valence-corrected chi connectivity index (χ0v) is 9.55. The summed E-state index contributed by atoms with van der Waals surface area (Å²) < 4.78 is 4.63. The van der Waals surface area contributed by atoms with E-state index in [9.17, 15) is 9.90 Å². The Kier molecular flexibility index (Phi) is 3.35. The third-order valence-electron chi connectivity index (χ3n) is 2.78. The highest BCUT2D eigenvalue weighted by molar-refractivity contribution is 5.74. The number of carbonyl (C=O) groups is 1. The molecule has 0 heterocycles. The fourth-order valence-electron chi connectivity index (χ4n) is 1.60. The molecule has 15 heavy (non-hydrogen) atoms. The number of aromatic hydroxyl groups is 1. The van der Waals surface area contributed by atoms with Crippen molar-refractivity contribution in [2.24, 2.45) is 0 Å². The van der Waals surface area contributed by atoms with E-state index in [0.29, 0.717) is 0 Å². The molecule has 0 aliphatic rings. The van der Waals surface area contributed by atoms with E-state index in [4.69, 9.17) is 0 Å². The van der Waals surface area contributed by atoms with E-state index in [-0.39, 0.29) is 18.1 Å². The molecular weight excluding hydrogens is 192 g/mol. The fraction of sp³-hybridized carbons (Fsp3) is 0.417. The first-order chi connectivity index (χ1) is 6.97. The molecule has 1 rings (SSSR count). The monoisotopic (exact) mass is 208 g/mol. The molecule has 0 aromatic heterocycles. The first-order valence-corrected chi connectivity index (χ1v) is 4.82. The van der Waals surface area contributed by atoms with E-state index in [0.717, 1.165) is 22.3 Å². The van der Waals surface area contributed by atoms with Crippen LogP contribution in [0.1, 0.15) is 22.3 Å². The third-order valence-corrected chi connectivity index (χ3v) is 2.78. The molecule has 0 spiro atoms. The van der Waals surface area contributed by atoms with Crippen molar-refractivity contribution in [3.63, 3.8) is 0 Å². The van der Waals surface area contributed by atoms with Crippen LogP contribution in [0.25, 0.3) is 0 Å². The van der Waals surface area contributed by atoms with Crippen LogP contribution in [0.2, 0.25) is 0 Å². The molecule has 3 nitrogen and oxygen atoms in total. The first kappa shape index (κ1) is 11.6. The van der Waals surface area contributed by atoms with E-state index >= 15 is 0 Å². The van der Waals surface area contributed by atoms with Crippen molar-refractivity contribution in [2.75, 3.05) is 7.11 Å². The van der Waals surface area contributed by atoms with Gasteiger partial charge in [-0.1, -0.05) is 0 Å². The number of rotatable bonds is 2. The molecule has 0 fully saturated rings. The van der Waals surface area contributed by atoms with Crippen LogP contribution in [0.4, 0.5) is 0 Å². The molecule has 0 aliphatic carbocycles. The van der Waals surface area contributed by atoms with E-state index in [1.807, 2.05) is 20.8 Å². The lowest BCUT2D eigenvalue weighted by Gasteiger charge is -2.12. The Bertz CT molecular complexity index is 394. The van der Waals surface area contributed by atoms with Crippen molar-refractivity contribution in [1.29, 1.82) is 0 Å². The quantitative estimate of drug-likeness (QED) is 0.756. The molecule has 3 heteroatoms. The minimum Gasteiger partial charge on any atom is -0.508 e. The summed E-state index contributed by atoms with van der Waals surface area (Å²) in [7, 11) is 1.38. The van der Waals surface area contributed by atoms with Gasteiger partial charge in [-0.2, -0.15) is 0 Å². The number of phenolic OH excluding ortho intramolecular Hbond substituents is 1. The summed E-state index contributed by atoms with van der Waals surface area (Å²) in [5, 5.41) is 9.58. The van der Waals surface area contributed by atoms with Gasteiger partial charge in [0, 0.05) is 0 Å². The molecule has 0 amide bonds. The molecular formula is C12H16O3. The molecule has 0 unspecified atom stereocenters. The third kappa shape index (κ3) is 2.29. The average Bonchev–Trinajstić information content (AvgIpc) is 2.21. The minimum absolute atomic E-state index is 0.258. The van der Waals surface area contributed by atoms with Gasteiger partial charge >= 0.3 is 5.97 Å². The van der Waals surface area contributed by atoms with Crippen LogP contribution in [0, 0.1) is 20.8 Å². The standard InChI is InChI=1S/C12H16O3/c1-7-5-11(13)9(3)8(2)10(7)6-12(14)15-4/h5,13H,6H2,1-4H3. The van der Waals surface area contributed by atoms with Gasteiger partial charge in [-0.05, 0) is 49.1 Å². The molecule has 1 aromatic rings. The molecule has 0 bridgehead atoms. The number of ether oxygens (including phenoxy) is 1. The maximum Gasteiger partial charge on any atom is 0.309 e. The molecule has 1 aromatic carbocycles. The topological polar surface area (TPSA) is 46.5 Å². The van der Waals surface area contributed by atoms with Crippen LogP contribution in [0.15, 0.2) is 6.07 Å². The van der Waals surface area contributed by atoms with Crippen molar-refractivity contribution in [1.82, 2.24) is 0 Å². The van der Waals surface area contributed by atoms with Gasteiger partial charge in [-0.3, -0.25) is 4.79 Å². The number of hydrogen-bond donors (Lipinski definition) is 1. The van der Waals surface area contributed by atoms with Crippen molar-refractivity contribution in [2.45, 2.75) is 27.2 Å². The second-order valence-corrected chi connectivity index (χ2v) is 3.69. The zero-order chi connectivity index (χ0) is 11.6. The number of methoxy groups -OCH3 is 1.